The van der Waals surface area contributed by atoms with Gasteiger partial charge in [-0.05, 0) is 33.0 Å². The molecule has 0 aliphatic heterocycles. The summed E-state index contributed by atoms with van der Waals surface area (Å²) >= 11 is 11.1. The average molecular weight is 261 g/mol. The topological polar surface area (TPSA) is 41.9 Å². The lowest BCUT2D eigenvalue weighted by molar-refractivity contribution is 0.640. The van der Waals surface area contributed by atoms with Gasteiger partial charge in [0.05, 0.1) is 11.6 Å². The molecule has 4 nitrogen and oxygen atoms in total. The van der Waals surface area contributed by atoms with Crippen molar-refractivity contribution in [1.82, 2.24) is 20.4 Å². The lowest BCUT2D eigenvalue weighted by atomic mass is 10.4. The summed E-state index contributed by atoms with van der Waals surface area (Å²) in [6.07, 6.45) is 1.82. The van der Waals surface area contributed by atoms with Gasteiger partial charge in [-0.15, -0.1) is 0 Å². The maximum absolute atomic E-state index is 6.03. The third-order valence-electron chi connectivity index (χ3n) is 1.95. The maximum atomic E-state index is 6.03. The summed E-state index contributed by atoms with van der Waals surface area (Å²) in [6, 6.07) is 0.323. The number of aryl methyl sites for hydroxylation is 1. The molecule has 0 aliphatic rings. The van der Waals surface area contributed by atoms with Gasteiger partial charge < -0.3 is 10.6 Å². The van der Waals surface area contributed by atoms with Crippen LogP contribution in [-0.2, 0) is 13.1 Å². The fourth-order valence-electron chi connectivity index (χ4n) is 1.20. The average Bonchev–Trinajstić information content (AvgIpc) is 2.55. The largest absolute Gasteiger partial charge is 0.361 e. The van der Waals surface area contributed by atoms with Crippen molar-refractivity contribution in [1.29, 1.82) is 0 Å². The fourth-order valence-corrected chi connectivity index (χ4v) is 1.72. The molecule has 1 aromatic rings. The minimum Gasteiger partial charge on any atom is -0.361 e. The molecule has 2 N–H and O–H groups in total. The minimum absolute atomic E-state index is 0.323. The predicted molar refractivity (Wildman–Crippen MR) is 70.6 cm³/mol. The molecule has 1 heterocycles. The maximum Gasteiger partial charge on any atom is 0.166 e. The van der Waals surface area contributed by atoms with Crippen molar-refractivity contribution < 1.29 is 0 Å². The standard InChI is InChI=1S/C10H17ClN4S/c1-4-15-6-8(11)9(14-15)5-12-10(16)13-7(2)3/h6-7H,4-5H2,1-3H3,(H2,12,13,16). The summed E-state index contributed by atoms with van der Waals surface area (Å²) in [6.45, 7) is 7.45. The van der Waals surface area contributed by atoms with Gasteiger partial charge in [-0.1, -0.05) is 11.6 Å². The van der Waals surface area contributed by atoms with Crippen molar-refractivity contribution in [2.75, 3.05) is 0 Å². The van der Waals surface area contributed by atoms with Gasteiger partial charge in [-0.25, -0.2) is 0 Å². The lowest BCUT2D eigenvalue weighted by Crippen LogP contribution is -2.38. The quantitative estimate of drug-likeness (QED) is 0.812. The number of hydrogen-bond acceptors (Lipinski definition) is 2. The molecule has 0 bridgehead atoms. The van der Waals surface area contributed by atoms with Gasteiger partial charge in [0.1, 0.15) is 5.69 Å². The summed E-state index contributed by atoms with van der Waals surface area (Å²) in [5, 5.41) is 11.8. The van der Waals surface area contributed by atoms with Gasteiger partial charge in [0, 0.05) is 18.8 Å². The first kappa shape index (κ1) is 13.3. The van der Waals surface area contributed by atoms with E-state index in [2.05, 4.69) is 15.7 Å². The molecule has 1 rings (SSSR count). The Bertz CT molecular complexity index is 362. The highest BCUT2D eigenvalue weighted by Crippen LogP contribution is 2.13. The van der Waals surface area contributed by atoms with Crippen molar-refractivity contribution in [3.05, 3.63) is 16.9 Å². The summed E-state index contributed by atoms with van der Waals surface area (Å²) in [5.41, 5.74) is 0.816. The van der Waals surface area contributed by atoms with Crippen LogP contribution in [-0.4, -0.2) is 20.9 Å². The summed E-state index contributed by atoms with van der Waals surface area (Å²) in [5.74, 6) is 0. The van der Waals surface area contributed by atoms with Crippen LogP contribution < -0.4 is 10.6 Å². The van der Waals surface area contributed by atoms with Crippen LogP contribution in [0.1, 0.15) is 26.5 Å². The van der Waals surface area contributed by atoms with Gasteiger partial charge in [0.15, 0.2) is 5.11 Å². The van der Waals surface area contributed by atoms with E-state index in [-0.39, 0.29) is 0 Å². The Labute approximate surface area is 106 Å². The lowest BCUT2D eigenvalue weighted by Gasteiger charge is -2.12. The molecule has 0 radical (unpaired) electrons. The molecule has 0 aromatic carbocycles. The van der Waals surface area contributed by atoms with E-state index in [1.165, 1.54) is 0 Å². The van der Waals surface area contributed by atoms with Gasteiger partial charge in [0.25, 0.3) is 0 Å². The molecule has 0 spiro atoms. The number of thiocarbonyl (C=S) groups is 1. The van der Waals surface area contributed by atoms with Crippen LogP contribution in [0.4, 0.5) is 0 Å². The normalized spacial score (nSPS) is 10.6. The van der Waals surface area contributed by atoms with Gasteiger partial charge >= 0.3 is 0 Å². The van der Waals surface area contributed by atoms with E-state index in [0.717, 1.165) is 12.2 Å². The Kier molecular flexibility index (Phi) is 5.02. The van der Waals surface area contributed by atoms with E-state index in [1.54, 1.807) is 4.68 Å². The predicted octanol–water partition coefficient (Wildman–Crippen LogP) is 1.93. The Balaban J connectivity index is 2.47. The van der Waals surface area contributed by atoms with Crippen molar-refractivity contribution in [2.45, 2.75) is 39.9 Å². The molecule has 0 saturated carbocycles. The van der Waals surface area contributed by atoms with E-state index >= 15 is 0 Å². The molecular formula is C10H17ClN4S. The number of aromatic nitrogens is 2. The number of halogens is 1. The Morgan fingerprint density at radius 1 is 1.62 bits per heavy atom. The summed E-state index contributed by atoms with van der Waals surface area (Å²) in [4.78, 5) is 0. The van der Waals surface area contributed by atoms with E-state index in [1.807, 2.05) is 27.0 Å². The van der Waals surface area contributed by atoms with Crippen LogP contribution in [0.3, 0.4) is 0 Å². The molecule has 0 atom stereocenters. The van der Waals surface area contributed by atoms with Crippen LogP contribution in [0.15, 0.2) is 6.20 Å². The zero-order valence-electron chi connectivity index (χ0n) is 9.75. The zero-order chi connectivity index (χ0) is 12.1. The molecule has 0 saturated heterocycles. The minimum atomic E-state index is 0.323. The monoisotopic (exact) mass is 260 g/mol. The molecular weight excluding hydrogens is 244 g/mol. The Morgan fingerprint density at radius 2 is 2.31 bits per heavy atom. The highest BCUT2D eigenvalue weighted by Gasteiger charge is 2.06. The molecule has 1 aromatic heterocycles. The molecule has 0 aliphatic carbocycles. The number of rotatable bonds is 4. The number of nitrogens with zero attached hydrogens (tertiary/aromatic N) is 2. The van der Waals surface area contributed by atoms with Crippen LogP contribution in [0.5, 0.6) is 0 Å². The van der Waals surface area contributed by atoms with E-state index in [4.69, 9.17) is 23.8 Å². The number of hydrogen-bond donors (Lipinski definition) is 2. The van der Waals surface area contributed by atoms with E-state index < -0.39 is 0 Å². The summed E-state index contributed by atoms with van der Waals surface area (Å²) < 4.78 is 1.80. The van der Waals surface area contributed by atoms with Gasteiger partial charge in [-0.2, -0.15) is 5.10 Å². The highest BCUT2D eigenvalue weighted by molar-refractivity contribution is 7.80. The van der Waals surface area contributed by atoms with Crippen molar-refractivity contribution in [3.8, 4) is 0 Å². The Morgan fingerprint density at radius 3 is 2.81 bits per heavy atom. The van der Waals surface area contributed by atoms with Crippen molar-refractivity contribution in [3.63, 3.8) is 0 Å². The van der Waals surface area contributed by atoms with Crippen molar-refractivity contribution in [2.24, 2.45) is 0 Å². The van der Waals surface area contributed by atoms with Crippen LogP contribution in [0, 0.1) is 0 Å². The van der Waals surface area contributed by atoms with Crippen LogP contribution in [0.2, 0.25) is 5.02 Å². The third-order valence-corrected chi connectivity index (χ3v) is 2.53. The Hall–Kier alpha value is -0.810. The second kappa shape index (κ2) is 6.06. The van der Waals surface area contributed by atoms with E-state index in [9.17, 15) is 0 Å². The smallest absolute Gasteiger partial charge is 0.166 e. The highest BCUT2D eigenvalue weighted by atomic mass is 35.5. The first-order valence-corrected chi connectivity index (χ1v) is 6.07. The zero-order valence-corrected chi connectivity index (χ0v) is 11.3. The molecule has 6 heteroatoms. The van der Waals surface area contributed by atoms with Crippen LogP contribution >= 0.6 is 23.8 Å². The number of nitrogens with one attached hydrogen (secondary N) is 2. The third kappa shape index (κ3) is 3.98. The second-order valence-corrected chi connectivity index (χ2v) is 4.58. The molecule has 0 unspecified atom stereocenters. The van der Waals surface area contributed by atoms with Gasteiger partial charge in [-0.3, -0.25) is 4.68 Å². The second-order valence-electron chi connectivity index (χ2n) is 3.76. The van der Waals surface area contributed by atoms with E-state index in [0.29, 0.717) is 22.7 Å². The van der Waals surface area contributed by atoms with Crippen LogP contribution in [0.25, 0.3) is 0 Å². The first-order chi connectivity index (χ1) is 7.52. The molecule has 0 amide bonds. The molecule has 90 valence electrons. The fraction of sp³-hybridized carbons (Fsp3) is 0.600. The first-order valence-electron chi connectivity index (χ1n) is 5.29. The summed E-state index contributed by atoms with van der Waals surface area (Å²) in [7, 11) is 0. The van der Waals surface area contributed by atoms with Gasteiger partial charge in [0.2, 0.25) is 0 Å². The molecule has 0 fully saturated rings. The van der Waals surface area contributed by atoms with Crippen molar-refractivity contribution >= 4 is 28.9 Å². The molecule has 16 heavy (non-hydrogen) atoms. The SMILES string of the molecule is CCn1cc(Cl)c(CNC(=S)NC(C)C)n1.